The molecule has 3 rings (SSSR count). The van der Waals surface area contributed by atoms with Gasteiger partial charge in [0.15, 0.2) is 0 Å². The first kappa shape index (κ1) is 21.3. The van der Waals surface area contributed by atoms with Gasteiger partial charge in [-0.05, 0) is 76.9 Å². The van der Waals surface area contributed by atoms with Crippen LogP contribution in [0.2, 0.25) is 0 Å². The highest BCUT2D eigenvalue weighted by Crippen LogP contribution is 2.33. The van der Waals surface area contributed by atoms with Gasteiger partial charge in [0.1, 0.15) is 11.4 Å². The molecule has 1 aromatic carbocycles. The van der Waals surface area contributed by atoms with Crippen molar-refractivity contribution in [1.29, 1.82) is 0 Å². The topological polar surface area (TPSA) is 45.7 Å². The summed E-state index contributed by atoms with van der Waals surface area (Å²) < 4.78 is 5.64. The van der Waals surface area contributed by atoms with Crippen LogP contribution in [0, 0.1) is 0 Å². The number of likely N-dealkylation sites (tertiary alicyclic amines) is 1. The van der Waals surface area contributed by atoms with Gasteiger partial charge in [-0.15, -0.1) is 0 Å². The highest BCUT2D eigenvalue weighted by Gasteiger charge is 2.28. The monoisotopic (exact) mass is 395 g/mol. The van der Waals surface area contributed by atoms with Gasteiger partial charge in [0.2, 0.25) is 0 Å². The third-order valence-electron chi connectivity index (χ3n) is 5.14. The summed E-state index contributed by atoms with van der Waals surface area (Å²) in [5.74, 6) is 0.576. The van der Waals surface area contributed by atoms with E-state index in [1.807, 2.05) is 63.4 Å². The number of hydrogen-bond acceptors (Lipinski definition) is 4. The lowest BCUT2D eigenvalue weighted by molar-refractivity contribution is 0.0598. The number of rotatable bonds is 6. The molecule has 0 bridgehead atoms. The average molecular weight is 396 g/mol. The molecule has 0 saturated carbocycles. The Balaban J connectivity index is 1.84. The van der Waals surface area contributed by atoms with Gasteiger partial charge >= 0.3 is 6.09 Å². The second-order valence-electron chi connectivity index (χ2n) is 8.65. The molecule has 5 heteroatoms. The largest absolute Gasteiger partial charge is 0.443 e. The molecule has 1 aromatic heterocycles. The Labute approximate surface area is 174 Å². The van der Waals surface area contributed by atoms with E-state index in [1.54, 1.807) is 4.90 Å². The van der Waals surface area contributed by atoms with E-state index in [9.17, 15) is 4.79 Å². The lowest BCUT2D eigenvalue weighted by Gasteiger charge is -2.28. The SMILES string of the molecule is CCCCN1CCC[C@H]1c1ccc(N(C(=O)OC(C)(C)C)c2ccccc2)nc1. The van der Waals surface area contributed by atoms with Gasteiger partial charge in [0.25, 0.3) is 0 Å². The molecule has 156 valence electrons. The van der Waals surface area contributed by atoms with E-state index in [2.05, 4.69) is 22.9 Å². The number of pyridine rings is 1. The fourth-order valence-corrected chi connectivity index (χ4v) is 3.78. The smallest absolute Gasteiger partial charge is 0.420 e. The Morgan fingerprint density at radius 3 is 2.59 bits per heavy atom. The van der Waals surface area contributed by atoms with Crippen molar-refractivity contribution in [1.82, 2.24) is 9.88 Å². The Bertz CT molecular complexity index is 784. The summed E-state index contributed by atoms with van der Waals surface area (Å²) in [4.78, 5) is 21.7. The molecule has 1 aliphatic rings. The van der Waals surface area contributed by atoms with Gasteiger partial charge in [-0.1, -0.05) is 37.6 Å². The van der Waals surface area contributed by atoms with Crippen LogP contribution in [0.1, 0.15) is 65.0 Å². The zero-order valence-electron chi connectivity index (χ0n) is 18.1. The summed E-state index contributed by atoms with van der Waals surface area (Å²) in [6.45, 7) is 10.1. The Morgan fingerprint density at radius 1 is 1.21 bits per heavy atom. The van der Waals surface area contributed by atoms with Gasteiger partial charge in [0, 0.05) is 12.2 Å². The van der Waals surface area contributed by atoms with Crippen LogP contribution >= 0.6 is 0 Å². The van der Waals surface area contributed by atoms with Gasteiger partial charge in [-0.3, -0.25) is 4.90 Å². The fraction of sp³-hybridized carbons (Fsp3) is 0.500. The van der Waals surface area contributed by atoms with E-state index in [1.165, 1.54) is 31.2 Å². The Morgan fingerprint density at radius 2 is 1.97 bits per heavy atom. The molecule has 1 saturated heterocycles. The van der Waals surface area contributed by atoms with Crippen LogP contribution in [0.5, 0.6) is 0 Å². The summed E-state index contributed by atoms with van der Waals surface area (Å²) in [5, 5.41) is 0. The van der Waals surface area contributed by atoms with Crippen molar-refractivity contribution < 1.29 is 9.53 Å². The number of amides is 1. The molecule has 0 radical (unpaired) electrons. The first-order chi connectivity index (χ1) is 13.9. The Hall–Kier alpha value is -2.40. The van der Waals surface area contributed by atoms with E-state index in [0.29, 0.717) is 11.9 Å². The number of carbonyl (C=O) groups excluding carboxylic acids is 1. The summed E-state index contributed by atoms with van der Waals surface area (Å²) in [6.07, 6.45) is 6.33. The molecule has 0 spiro atoms. The fourth-order valence-electron chi connectivity index (χ4n) is 3.78. The maximum atomic E-state index is 12.9. The second kappa shape index (κ2) is 9.40. The zero-order chi connectivity index (χ0) is 20.9. The summed E-state index contributed by atoms with van der Waals surface area (Å²) in [7, 11) is 0. The number of aromatic nitrogens is 1. The average Bonchev–Trinajstić information content (AvgIpc) is 3.15. The quantitative estimate of drug-likeness (QED) is 0.593. The van der Waals surface area contributed by atoms with Crippen LogP contribution in [0.25, 0.3) is 0 Å². The van der Waals surface area contributed by atoms with E-state index < -0.39 is 11.7 Å². The molecule has 1 aliphatic heterocycles. The highest BCUT2D eigenvalue weighted by molar-refractivity contribution is 5.95. The van der Waals surface area contributed by atoms with Gasteiger partial charge < -0.3 is 4.74 Å². The van der Waals surface area contributed by atoms with E-state index >= 15 is 0 Å². The molecule has 1 fully saturated rings. The number of anilines is 2. The van der Waals surface area contributed by atoms with Crippen LogP contribution < -0.4 is 4.90 Å². The molecular weight excluding hydrogens is 362 g/mol. The van der Waals surface area contributed by atoms with Crippen molar-refractivity contribution in [2.24, 2.45) is 0 Å². The molecular formula is C24H33N3O2. The highest BCUT2D eigenvalue weighted by atomic mass is 16.6. The number of nitrogens with zero attached hydrogens (tertiary/aromatic N) is 3. The number of hydrogen-bond donors (Lipinski definition) is 0. The maximum Gasteiger partial charge on any atom is 0.420 e. The van der Waals surface area contributed by atoms with Crippen molar-refractivity contribution in [3.05, 3.63) is 54.2 Å². The molecule has 5 nitrogen and oxygen atoms in total. The number of ether oxygens (including phenoxy) is 1. The molecule has 1 amide bonds. The van der Waals surface area contributed by atoms with Crippen molar-refractivity contribution in [2.45, 2.75) is 65.0 Å². The first-order valence-electron chi connectivity index (χ1n) is 10.7. The predicted octanol–water partition coefficient (Wildman–Crippen LogP) is 6.09. The molecule has 1 atom stereocenters. The normalized spacial score (nSPS) is 17.3. The number of unbranched alkanes of at least 4 members (excludes halogenated alkanes) is 1. The maximum absolute atomic E-state index is 12.9. The van der Waals surface area contributed by atoms with Crippen LogP contribution in [0.4, 0.5) is 16.3 Å². The standard InChI is InChI=1S/C24H33N3O2/c1-5-6-16-26-17-10-13-21(26)19-14-15-22(25-18-19)27(20-11-8-7-9-12-20)23(28)29-24(2,3)4/h7-9,11-12,14-15,18,21H,5-6,10,13,16-17H2,1-4H3/t21-/m0/s1. The van der Waals surface area contributed by atoms with Crippen molar-refractivity contribution in [3.8, 4) is 0 Å². The summed E-state index contributed by atoms with van der Waals surface area (Å²) in [5.41, 5.74) is 1.39. The third kappa shape index (κ3) is 5.57. The van der Waals surface area contributed by atoms with Gasteiger partial charge in [-0.2, -0.15) is 0 Å². The molecule has 2 aromatic rings. The number of para-hydroxylation sites is 1. The van der Waals surface area contributed by atoms with Gasteiger partial charge in [-0.25, -0.2) is 14.7 Å². The summed E-state index contributed by atoms with van der Waals surface area (Å²) in [6, 6.07) is 14.0. The predicted molar refractivity (Wildman–Crippen MR) is 118 cm³/mol. The minimum Gasteiger partial charge on any atom is -0.443 e. The number of carbonyl (C=O) groups is 1. The van der Waals surface area contributed by atoms with Gasteiger partial charge in [0.05, 0.1) is 5.69 Å². The molecule has 2 heterocycles. The molecule has 29 heavy (non-hydrogen) atoms. The lowest BCUT2D eigenvalue weighted by atomic mass is 10.1. The van der Waals surface area contributed by atoms with Crippen LogP contribution in [-0.4, -0.2) is 34.7 Å². The first-order valence-corrected chi connectivity index (χ1v) is 10.7. The van der Waals surface area contributed by atoms with Crippen LogP contribution in [-0.2, 0) is 4.74 Å². The van der Waals surface area contributed by atoms with Crippen LogP contribution in [0.15, 0.2) is 48.7 Å². The van der Waals surface area contributed by atoms with Crippen molar-refractivity contribution >= 4 is 17.6 Å². The molecule has 0 N–H and O–H groups in total. The van der Waals surface area contributed by atoms with E-state index in [4.69, 9.17) is 4.74 Å². The van der Waals surface area contributed by atoms with E-state index in [-0.39, 0.29) is 0 Å². The minimum atomic E-state index is -0.576. The molecule has 0 aliphatic carbocycles. The number of benzene rings is 1. The third-order valence-corrected chi connectivity index (χ3v) is 5.14. The van der Waals surface area contributed by atoms with E-state index in [0.717, 1.165) is 18.8 Å². The molecule has 0 unspecified atom stereocenters. The second-order valence-corrected chi connectivity index (χ2v) is 8.65. The van der Waals surface area contributed by atoms with Crippen molar-refractivity contribution in [3.63, 3.8) is 0 Å². The minimum absolute atomic E-state index is 0.422. The Kier molecular flexibility index (Phi) is 6.91. The summed E-state index contributed by atoms with van der Waals surface area (Å²) >= 11 is 0. The lowest BCUT2D eigenvalue weighted by Crippen LogP contribution is -2.34. The van der Waals surface area contributed by atoms with Crippen LogP contribution in [0.3, 0.4) is 0 Å². The zero-order valence-corrected chi connectivity index (χ0v) is 18.1. The van der Waals surface area contributed by atoms with Crippen molar-refractivity contribution in [2.75, 3.05) is 18.0 Å².